The maximum absolute atomic E-state index is 12.7. The fraction of sp³-hybridized carbons (Fsp3) is 0.364. The Morgan fingerprint density at radius 2 is 1.73 bits per heavy atom. The monoisotopic (exact) mass is 443 g/mol. The minimum Gasteiger partial charge on any atom is -0.319 e. The van der Waals surface area contributed by atoms with Gasteiger partial charge in [0.2, 0.25) is 10.0 Å². The molecule has 1 aliphatic heterocycles. The van der Waals surface area contributed by atoms with Crippen molar-refractivity contribution in [2.75, 3.05) is 13.1 Å². The lowest BCUT2D eigenvalue weighted by Gasteiger charge is -2.15. The van der Waals surface area contributed by atoms with Gasteiger partial charge in [-0.1, -0.05) is 31.3 Å². The first-order valence-corrected chi connectivity index (χ1v) is 12.3. The third-order valence-electron chi connectivity index (χ3n) is 5.50. The average molecular weight is 444 g/mol. The fourth-order valence-corrected chi connectivity index (χ4v) is 6.20. The number of fused-ring (bicyclic) bond motifs is 1. The SMILES string of the molecule is CC(C)c1ccc2c(c1)sc(=NC(=O)c1ccc(S(=O)(=O)N3CCCC3)cc1)n2C. The molecule has 158 valence electrons. The van der Waals surface area contributed by atoms with E-state index in [1.165, 1.54) is 33.3 Å². The predicted octanol–water partition coefficient (Wildman–Crippen LogP) is 3.89. The molecule has 2 aromatic carbocycles. The van der Waals surface area contributed by atoms with Gasteiger partial charge in [0, 0.05) is 25.7 Å². The predicted molar refractivity (Wildman–Crippen MR) is 119 cm³/mol. The third-order valence-corrected chi connectivity index (χ3v) is 8.51. The number of benzene rings is 2. The van der Waals surface area contributed by atoms with Crippen molar-refractivity contribution >= 4 is 37.5 Å². The van der Waals surface area contributed by atoms with Gasteiger partial charge in [0.1, 0.15) is 0 Å². The van der Waals surface area contributed by atoms with Crippen LogP contribution in [0.15, 0.2) is 52.4 Å². The Labute approximate surface area is 180 Å². The number of carbonyl (C=O) groups excluding carboxylic acids is 1. The van der Waals surface area contributed by atoms with Gasteiger partial charge in [-0.2, -0.15) is 9.30 Å². The Bertz CT molecular complexity index is 1260. The van der Waals surface area contributed by atoms with Crippen LogP contribution >= 0.6 is 11.3 Å². The van der Waals surface area contributed by atoms with E-state index in [1.54, 1.807) is 12.1 Å². The van der Waals surface area contributed by atoms with Crippen molar-refractivity contribution in [2.45, 2.75) is 37.5 Å². The summed E-state index contributed by atoms with van der Waals surface area (Å²) in [7, 11) is -1.59. The number of hydrogen-bond acceptors (Lipinski definition) is 4. The van der Waals surface area contributed by atoms with Gasteiger partial charge in [-0.15, -0.1) is 0 Å². The molecule has 6 nitrogen and oxygen atoms in total. The molecule has 0 atom stereocenters. The van der Waals surface area contributed by atoms with E-state index in [4.69, 9.17) is 0 Å². The molecule has 1 fully saturated rings. The molecule has 3 aromatic rings. The fourth-order valence-electron chi connectivity index (χ4n) is 3.61. The van der Waals surface area contributed by atoms with Crippen molar-refractivity contribution < 1.29 is 13.2 Å². The Balaban J connectivity index is 1.63. The van der Waals surface area contributed by atoms with E-state index in [0.29, 0.717) is 29.4 Å². The number of sulfonamides is 1. The number of nitrogens with zero attached hydrogens (tertiary/aromatic N) is 3. The normalized spacial score (nSPS) is 16.1. The molecule has 1 amide bonds. The second-order valence-corrected chi connectivity index (χ2v) is 10.8. The van der Waals surface area contributed by atoms with Gasteiger partial charge in [-0.25, -0.2) is 8.42 Å². The highest BCUT2D eigenvalue weighted by atomic mass is 32.2. The Kier molecular flexibility index (Phi) is 5.65. The molecule has 4 rings (SSSR count). The van der Waals surface area contributed by atoms with E-state index in [1.807, 2.05) is 11.6 Å². The van der Waals surface area contributed by atoms with Crippen LogP contribution in [0.5, 0.6) is 0 Å². The molecule has 0 bridgehead atoms. The van der Waals surface area contributed by atoms with E-state index in [2.05, 4.69) is 37.0 Å². The summed E-state index contributed by atoms with van der Waals surface area (Å²) in [6.07, 6.45) is 1.78. The van der Waals surface area contributed by atoms with Crippen molar-refractivity contribution in [3.05, 3.63) is 58.4 Å². The van der Waals surface area contributed by atoms with Crippen LogP contribution in [0.25, 0.3) is 10.2 Å². The maximum atomic E-state index is 12.7. The van der Waals surface area contributed by atoms with Crippen LogP contribution in [0.3, 0.4) is 0 Å². The summed E-state index contributed by atoms with van der Waals surface area (Å²) >= 11 is 1.48. The standard InChI is InChI=1S/C22H25N3O3S2/c1-15(2)17-8-11-19-20(14-17)29-22(24(19)3)23-21(26)16-6-9-18(10-7-16)30(27,28)25-12-4-5-13-25/h6-11,14-15H,4-5,12-13H2,1-3H3. The lowest BCUT2D eigenvalue weighted by molar-refractivity contribution is 0.0998. The molecule has 0 saturated carbocycles. The number of thiazole rings is 1. The largest absolute Gasteiger partial charge is 0.319 e. The zero-order chi connectivity index (χ0) is 21.5. The summed E-state index contributed by atoms with van der Waals surface area (Å²) in [5, 5.41) is 0. The summed E-state index contributed by atoms with van der Waals surface area (Å²) in [6, 6.07) is 12.4. The van der Waals surface area contributed by atoms with Gasteiger partial charge in [0.05, 0.1) is 15.1 Å². The van der Waals surface area contributed by atoms with Gasteiger partial charge >= 0.3 is 0 Å². The number of aromatic nitrogens is 1. The smallest absolute Gasteiger partial charge is 0.279 e. The number of aryl methyl sites for hydroxylation is 1. The van der Waals surface area contributed by atoms with Crippen LogP contribution < -0.4 is 4.80 Å². The number of rotatable bonds is 4. The van der Waals surface area contributed by atoms with Crippen LogP contribution in [0.1, 0.15) is 48.5 Å². The highest BCUT2D eigenvalue weighted by molar-refractivity contribution is 7.89. The molecule has 1 aromatic heterocycles. The van der Waals surface area contributed by atoms with Gasteiger partial charge in [-0.05, 0) is 60.7 Å². The van der Waals surface area contributed by atoms with Crippen LogP contribution in [-0.2, 0) is 17.1 Å². The molecular weight excluding hydrogens is 418 g/mol. The highest BCUT2D eigenvalue weighted by Crippen LogP contribution is 2.24. The van der Waals surface area contributed by atoms with Crippen LogP contribution in [0, 0.1) is 0 Å². The molecule has 1 aliphatic rings. The van der Waals surface area contributed by atoms with Crippen LogP contribution in [-0.4, -0.2) is 36.3 Å². The first-order valence-electron chi connectivity index (χ1n) is 10.1. The van der Waals surface area contributed by atoms with Gasteiger partial charge in [0.25, 0.3) is 5.91 Å². The first kappa shape index (κ1) is 21.0. The lowest BCUT2D eigenvalue weighted by Crippen LogP contribution is -2.27. The second-order valence-electron chi connectivity index (χ2n) is 7.88. The molecule has 0 radical (unpaired) electrons. The summed E-state index contributed by atoms with van der Waals surface area (Å²) in [5.74, 6) is 0.0468. The quantitative estimate of drug-likeness (QED) is 0.614. The average Bonchev–Trinajstić information content (AvgIpc) is 3.37. The van der Waals surface area contributed by atoms with Gasteiger partial charge in [0.15, 0.2) is 4.80 Å². The minimum atomic E-state index is -3.49. The van der Waals surface area contributed by atoms with Crippen molar-refractivity contribution in [2.24, 2.45) is 12.0 Å². The van der Waals surface area contributed by atoms with E-state index in [9.17, 15) is 13.2 Å². The second kappa shape index (κ2) is 8.09. The minimum absolute atomic E-state index is 0.217. The Hall–Kier alpha value is -2.29. The Morgan fingerprint density at radius 1 is 1.07 bits per heavy atom. The molecule has 8 heteroatoms. The van der Waals surface area contributed by atoms with Crippen LogP contribution in [0.4, 0.5) is 0 Å². The van der Waals surface area contributed by atoms with Gasteiger partial charge < -0.3 is 4.57 Å². The third kappa shape index (κ3) is 3.87. The summed E-state index contributed by atoms with van der Waals surface area (Å²) in [4.78, 5) is 17.8. The topological polar surface area (TPSA) is 71.7 Å². The Morgan fingerprint density at radius 3 is 2.37 bits per heavy atom. The first-order chi connectivity index (χ1) is 14.3. The molecule has 1 saturated heterocycles. The maximum Gasteiger partial charge on any atom is 0.279 e. The summed E-state index contributed by atoms with van der Waals surface area (Å²) in [6.45, 7) is 5.41. The van der Waals surface area contributed by atoms with Crippen molar-refractivity contribution in [3.63, 3.8) is 0 Å². The zero-order valence-electron chi connectivity index (χ0n) is 17.3. The van der Waals surface area contributed by atoms with E-state index in [0.717, 1.165) is 23.1 Å². The number of hydrogen-bond donors (Lipinski definition) is 0. The van der Waals surface area contributed by atoms with E-state index >= 15 is 0 Å². The molecule has 0 aliphatic carbocycles. The lowest BCUT2D eigenvalue weighted by atomic mass is 10.0. The van der Waals surface area contributed by atoms with Gasteiger partial charge in [-0.3, -0.25) is 4.79 Å². The summed E-state index contributed by atoms with van der Waals surface area (Å²) < 4.78 is 29.8. The van der Waals surface area contributed by atoms with Crippen molar-refractivity contribution in [1.82, 2.24) is 8.87 Å². The summed E-state index contributed by atoms with van der Waals surface area (Å²) in [5.41, 5.74) is 2.65. The molecule has 0 N–H and O–H groups in total. The van der Waals surface area contributed by atoms with E-state index in [-0.39, 0.29) is 10.8 Å². The zero-order valence-corrected chi connectivity index (χ0v) is 19.0. The molecule has 0 unspecified atom stereocenters. The number of amides is 1. The molecule has 2 heterocycles. The molecule has 0 spiro atoms. The molecule has 30 heavy (non-hydrogen) atoms. The van der Waals surface area contributed by atoms with E-state index < -0.39 is 10.0 Å². The molecular formula is C22H25N3O3S2. The number of carbonyl (C=O) groups is 1. The van der Waals surface area contributed by atoms with Crippen molar-refractivity contribution in [1.29, 1.82) is 0 Å². The van der Waals surface area contributed by atoms with Crippen LogP contribution in [0.2, 0.25) is 0 Å². The highest BCUT2D eigenvalue weighted by Gasteiger charge is 2.27. The van der Waals surface area contributed by atoms with Crippen molar-refractivity contribution in [3.8, 4) is 0 Å².